The van der Waals surface area contributed by atoms with Crippen LogP contribution in [0.3, 0.4) is 0 Å². The van der Waals surface area contributed by atoms with Crippen molar-refractivity contribution in [3.8, 4) is 0 Å². The third-order valence-electron chi connectivity index (χ3n) is 3.81. The smallest absolute Gasteiger partial charge is 0.0443 e. The van der Waals surface area contributed by atoms with Crippen LogP contribution in [0.4, 0.5) is 11.4 Å². The molecule has 0 bridgehead atoms. The van der Waals surface area contributed by atoms with Crippen LogP contribution in [0.15, 0.2) is 48.5 Å². The molecule has 0 fully saturated rings. The molecule has 0 atom stereocenters. The van der Waals surface area contributed by atoms with Crippen LogP contribution in [0.1, 0.15) is 17.5 Å². The van der Waals surface area contributed by atoms with E-state index in [4.69, 9.17) is 5.73 Å². The molecule has 3 rings (SSSR count). The maximum atomic E-state index is 5.70. The Labute approximate surface area is 127 Å². The molecule has 1 heterocycles. The van der Waals surface area contributed by atoms with Crippen molar-refractivity contribution in [2.24, 2.45) is 5.73 Å². The Morgan fingerprint density at radius 1 is 0.850 bits per heavy atom. The minimum absolute atomic E-state index is 0. The second-order valence-electron chi connectivity index (χ2n) is 5.05. The van der Waals surface area contributed by atoms with Crippen molar-refractivity contribution in [3.63, 3.8) is 0 Å². The molecule has 2 aromatic carbocycles. The predicted octanol–water partition coefficient (Wildman–Crippen LogP) is 3.69. The molecule has 0 aliphatic carbocycles. The van der Waals surface area contributed by atoms with Gasteiger partial charge in [0.2, 0.25) is 0 Å². The van der Waals surface area contributed by atoms with Crippen molar-refractivity contribution in [2.75, 3.05) is 18.0 Å². The van der Waals surface area contributed by atoms with Gasteiger partial charge < -0.3 is 10.6 Å². The van der Waals surface area contributed by atoms with Gasteiger partial charge in [-0.1, -0.05) is 36.4 Å². The van der Waals surface area contributed by atoms with Gasteiger partial charge in [-0.3, -0.25) is 0 Å². The summed E-state index contributed by atoms with van der Waals surface area (Å²) in [5.41, 5.74) is 11.3. The van der Waals surface area contributed by atoms with E-state index < -0.39 is 0 Å². The largest absolute Gasteiger partial charge is 0.341 e. The van der Waals surface area contributed by atoms with Crippen LogP contribution in [-0.4, -0.2) is 13.1 Å². The van der Waals surface area contributed by atoms with Gasteiger partial charge in [-0.15, -0.1) is 12.4 Å². The predicted molar refractivity (Wildman–Crippen MR) is 88.2 cm³/mol. The van der Waals surface area contributed by atoms with Gasteiger partial charge in [0.05, 0.1) is 0 Å². The molecule has 1 aliphatic rings. The van der Waals surface area contributed by atoms with Gasteiger partial charge in [0.15, 0.2) is 0 Å². The fourth-order valence-corrected chi connectivity index (χ4v) is 2.86. The SMILES string of the molecule is Cl.NCCCN1c2ccccc2CCc2ccccc21. The lowest BCUT2D eigenvalue weighted by atomic mass is 10.0. The van der Waals surface area contributed by atoms with Crippen LogP contribution in [0, 0.1) is 0 Å². The van der Waals surface area contributed by atoms with Crippen molar-refractivity contribution in [3.05, 3.63) is 59.7 Å². The number of hydrogen-bond acceptors (Lipinski definition) is 2. The summed E-state index contributed by atoms with van der Waals surface area (Å²) in [5.74, 6) is 0. The van der Waals surface area contributed by atoms with Gasteiger partial charge in [0, 0.05) is 17.9 Å². The zero-order valence-corrected chi connectivity index (χ0v) is 12.4. The Morgan fingerprint density at radius 3 is 1.85 bits per heavy atom. The summed E-state index contributed by atoms with van der Waals surface area (Å²) in [6.45, 7) is 1.73. The Kier molecular flexibility index (Phi) is 5.05. The fraction of sp³-hybridized carbons (Fsp3) is 0.294. The zero-order chi connectivity index (χ0) is 13.1. The van der Waals surface area contributed by atoms with E-state index in [9.17, 15) is 0 Å². The van der Waals surface area contributed by atoms with E-state index in [2.05, 4.69) is 53.4 Å². The molecule has 0 saturated carbocycles. The van der Waals surface area contributed by atoms with Gasteiger partial charge in [-0.2, -0.15) is 0 Å². The monoisotopic (exact) mass is 288 g/mol. The lowest BCUT2D eigenvalue weighted by Crippen LogP contribution is -2.21. The second kappa shape index (κ2) is 6.78. The average molecular weight is 289 g/mol. The van der Waals surface area contributed by atoms with E-state index in [-0.39, 0.29) is 12.4 Å². The van der Waals surface area contributed by atoms with Crippen LogP contribution in [0.25, 0.3) is 0 Å². The summed E-state index contributed by atoms with van der Waals surface area (Å²) in [6, 6.07) is 17.5. The molecule has 0 aromatic heterocycles. The lowest BCUT2D eigenvalue weighted by molar-refractivity contribution is 0.816. The van der Waals surface area contributed by atoms with E-state index in [0.29, 0.717) is 0 Å². The normalized spacial score (nSPS) is 12.9. The number of nitrogens with two attached hydrogens (primary N) is 1. The van der Waals surface area contributed by atoms with Gasteiger partial charge in [0.1, 0.15) is 0 Å². The number of hydrogen-bond donors (Lipinski definition) is 1. The molecular weight excluding hydrogens is 268 g/mol. The molecule has 2 nitrogen and oxygen atoms in total. The van der Waals surface area contributed by atoms with Gasteiger partial charge in [-0.25, -0.2) is 0 Å². The molecule has 106 valence electrons. The maximum Gasteiger partial charge on any atom is 0.0443 e. The first-order valence-electron chi connectivity index (χ1n) is 7.03. The highest BCUT2D eigenvalue weighted by atomic mass is 35.5. The van der Waals surface area contributed by atoms with Gasteiger partial charge in [0.25, 0.3) is 0 Å². The minimum Gasteiger partial charge on any atom is -0.341 e. The molecular formula is C17H21ClN2. The van der Waals surface area contributed by atoms with Gasteiger partial charge in [-0.05, 0) is 49.1 Å². The fourth-order valence-electron chi connectivity index (χ4n) is 2.86. The molecule has 0 amide bonds. The number of rotatable bonds is 3. The summed E-state index contributed by atoms with van der Waals surface area (Å²) in [5, 5.41) is 0. The summed E-state index contributed by atoms with van der Waals surface area (Å²) in [4.78, 5) is 2.44. The summed E-state index contributed by atoms with van der Waals surface area (Å²) < 4.78 is 0. The Balaban J connectivity index is 0.00000147. The maximum absolute atomic E-state index is 5.70. The molecule has 0 saturated heterocycles. The van der Waals surface area contributed by atoms with Crippen LogP contribution < -0.4 is 10.6 Å². The molecule has 20 heavy (non-hydrogen) atoms. The van der Waals surface area contributed by atoms with Crippen molar-refractivity contribution in [1.82, 2.24) is 0 Å². The third-order valence-corrected chi connectivity index (χ3v) is 3.81. The topological polar surface area (TPSA) is 29.3 Å². The number of halogens is 1. The van der Waals surface area contributed by atoms with Crippen LogP contribution in [0.2, 0.25) is 0 Å². The lowest BCUT2D eigenvalue weighted by Gasteiger charge is -2.26. The van der Waals surface area contributed by atoms with Crippen molar-refractivity contribution >= 4 is 23.8 Å². The number of para-hydroxylation sites is 2. The molecule has 3 heteroatoms. The minimum atomic E-state index is 0. The first-order chi connectivity index (χ1) is 9.40. The standard InChI is InChI=1S/C17H20N2.ClH/c18-12-5-13-19-16-8-3-1-6-14(16)10-11-15-7-2-4-9-17(15)19;/h1-4,6-9H,5,10-13,18H2;1H. The Bertz CT molecular complexity index is 521. The molecule has 0 radical (unpaired) electrons. The highest BCUT2D eigenvalue weighted by molar-refractivity contribution is 5.85. The van der Waals surface area contributed by atoms with E-state index in [1.54, 1.807) is 0 Å². The van der Waals surface area contributed by atoms with E-state index in [1.807, 2.05) is 0 Å². The number of aryl methyl sites for hydroxylation is 2. The first kappa shape index (κ1) is 14.9. The Morgan fingerprint density at radius 2 is 1.35 bits per heavy atom. The third kappa shape index (κ3) is 2.82. The molecule has 0 unspecified atom stereocenters. The van der Waals surface area contributed by atoms with Gasteiger partial charge >= 0.3 is 0 Å². The summed E-state index contributed by atoms with van der Waals surface area (Å²) in [7, 11) is 0. The molecule has 1 aliphatic heterocycles. The van der Waals surface area contributed by atoms with E-state index in [1.165, 1.54) is 22.5 Å². The van der Waals surface area contributed by atoms with Crippen molar-refractivity contribution < 1.29 is 0 Å². The summed E-state index contributed by atoms with van der Waals surface area (Å²) in [6.07, 6.45) is 3.25. The highest BCUT2D eigenvalue weighted by Crippen LogP contribution is 2.35. The number of anilines is 2. The summed E-state index contributed by atoms with van der Waals surface area (Å²) >= 11 is 0. The Hall–Kier alpha value is -1.51. The first-order valence-corrected chi connectivity index (χ1v) is 7.03. The van der Waals surface area contributed by atoms with E-state index >= 15 is 0 Å². The zero-order valence-electron chi connectivity index (χ0n) is 11.6. The number of nitrogens with zero attached hydrogens (tertiary/aromatic N) is 1. The van der Waals surface area contributed by atoms with Crippen LogP contribution >= 0.6 is 12.4 Å². The molecule has 0 spiro atoms. The van der Waals surface area contributed by atoms with Crippen LogP contribution in [0.5, 0.6) is 0 Å². The van der Waals surface area contributed by atoms with Crippen molar-refractivity contribution in [2.45, 2.75) is 19.3 Å². The van der Waals surface area contributed by atoms with Crippen LogP contribution in [-0.2, 0) is 12.8 Å². The quantitative estimate of drug-likeness (QED) is 0.933. The highest BCUT2D eigenvalue weighted by Gasteiger charge is 2.19. The molecule has 2 aromatic rings. The van der Waals surface area contributed by atoms with E-state index in [0.717, 1.165) is 32.4 Å². The molecule has 2 N–H and O–H groups in total. The average Bonchev–Trinajstić information content (AvgIpc) is 2.62. The van der Waals surface area contributed by atoms with Crippen molar-refractivity contribution in [1.29, 1.82) is 0 Å². The number of fused-ring (bicyclic) bond motifs is 2. The number of benzene rings is 2. The second-order valence-corrected chi connectivity index (χ2v) is 5.05.